The van der Waals surface area contributed by atoms with Crippen LogP contribution < -0.4 is 5.73 Å². The highest BCUT2D eigenvalue weighted by Crippen LogP contribution is 2.14. The second-order valence-corrected chi connectivity index (χ2v) is 6.46. The molecule has 0 heterocycles. The van der Waals surface area contributed by atoms with Crippen LogP contribution >= 0.6 is 0 Å². The van der Waals surface area contributed by atoms with Crippen LogP contribution in [0.25, 0.3) is 0 Å². The van der Waals surface area contributed by atoms with Crippen LogP contribution in [0.5, 0.6) is 0 Å². The summed E-state index contributed by atoms with van der Waals surface area (Å²) in [7, 11) is -1.56. The van der Waals surface area contributed by atoms with Gasteiger partial charge in [-0.3, -0.25) is 0 Å². The molecule has 1 atom stereocenters. The Morgan fingerprint density at radius 1 is 1.19 bits per heavy atom. The predicted molar refractivity (Wildman–Crippen MR) is 68.8 cm³/mol. The van der Waals surface area contributed by atoms with Crippen molar-refractivity contribution in [1.29, 1.82) is 0 Å². The average Bonchev–Trinajstić information content (AvgIpc) is 2.19. The van der Waals surface area contributed by atoms with Crippen molar-refractivity contribution in [2.24, 2.45) is 11.7 Å². The normalized spacial score (nSPS) is 14.7. The van der Waals surface area contributed by atoms with Crippen molar-refractivity contribution < 1.29 is 8.42 Å². The zero-order valence-electron chi connectivity index (χ0n) is 10.9. The predicted octanol–water partition coefficient (Wildman–Crippen LogP) is 1.42. The van der Waals surface area contributed by atoms with Crippen molar-refractivity contribution in [2.75, 3.05) is 19.3 Å². The molecule has 5 heteroatoms. The van der Waals surface area contributed by atoms with Crippen molar-refractivity contribution >= 4 is 10.0 Å². The number of nitrogens with two attached hydrogens (primary N) is 1. The summed E-state index contributed by atoms with van der Waals surface area (Å²) < 4.78 is 25.2. The van der Waals surface area contributed by atoms with Crippen molar-refractivity contribution in [3.05, 3.63) is 0 Å². The highest BCUT2D eigenvalue weighted by molar-refractivity contribution is 7.89. The third-order valence-corrected chi connectivity index (χ3v) is 5.01. The van der Waals surface area contributed by atoms with Crippen LogP contribution in [-0.2, 0) is 10.0 Å². The molecule has 0 saturated heterocycles. The minimum absolute atomic E-state index is 0.0653. The van der Waals surface area contributed by atoms with Crippen molar-refractivity contribution in [2.45, 2.75) is 46.1 Å². The van der Waals surface area contributed by atoms with Gasteiger partial charge in [0.2, 0.25) is 10.0 Å². The van der Waals surface area contributed by atoms with Crippen LogP contribution in [0.1, 0.15) is 40.0 Å². The lowest BCUT2D eigenvalue weighted by Gasteiger charge is -2.24. The first-order valence-electron chi connectivity index (χ1n) is 6.08. The first kappa shape index (κ1) is 15.9. The van der Waals surface area contributed by atoms with E-state index >= 15 is 0 Å². The van der Waals surface area contributed by atoms with E-state index in [0.717, 1.165) is 19.3 Å². The van der Waals surface area contributed by atoms with E-state index in [1.165, 1.54) is 4.31 Å². The van der Waals surface area contributed by atoms with Crippen LogP contribution in [0.3, 0.4) is 0 Å². The molecule has 0 aromatic heterocycles. The summed E-state index contributed by atoms with van der Waals surface area (Å²) >= 11 is 0. The molecule has 0 rings (SSSR count). The molecule has 0 saturated carbocycles. The fourth-order valence-electron chi connectivity index (χ4n) is 1.85. The topological polar surface area (TPSA) is 63.4 Å². The maximum atomic E-state index is 11.9. The molecule has 4 nitrogen and oxygen atoms in total. The monoisotopic (exact) mass is 250 g/mol. The Bertz CT molecular complexity index is 274. The van der Waals surface area contributed by atoms with E-state index in [-0.39, 0.29) is 11.8 Å². The van der Waals surface area contributed by atoms with Crippen LogP contribution in [0, 0.1) is 5.92 Å². The summed E-state index contributed by atoms with van der Waals surface area (Å²) in [4.78, 5) is 0. The van der Waals surface area contributed by atoms with E-state index in [4.69, 9.17) is 5.73 Å². The summed E-state index contributed by atoms with van der Waals surface area (Å²) in [6, 6.07) is -0.251. The first-order chi connectivity index (χ1) is 7.38. The standard InChI is InChI=1S/C11H26N2O2S/c1-5-8-13(4)16(14,15)9-11(12)10(6-2)7-3/h10-11H,5-9,12H2,1-4H3. The van der Waals surface area contributed by atoms with Gasteiger partial charge in [0.1, 0.15) is 0 Å². The van der Waals surface area contributed by atoms with E-state index < -0.39 is 10.0 Å². The van der Waals surface area contributed by atoms with Crippen LogP contribution in [0.15, 0.2) is 0 Å². The Hall–Kier alpha value is -0.130. The molecule has 1 unspecified atom stereocenters. The largest absolute Gasteiger partial charge is 0.326 e. The highest BCUT2D eigenvalue weighted by atomic mass is 32.2. The summed E-state index contributed by atoms with van der Waals surface area (Å²) in [5, 5.41) is 0. The van der Waals surface area contributed by atoms with Crippen LogP contribution in [0.2, 0.25) is 0 Å². The van der Waals surface area contributed by atoms with Gasteiger partial charge in [-0.2, -0.15) is 0 Å². The molecule has 16 heavy (non-hydrogen) atoms. The second kappa shape index (κ2) is 7.25. The Morgan fingerprint density at radius 3 is 2.06 bits per heavy atom. The molecule has 0 aliphatic rings. The van der Waals surface area contributed by atoms with E-state index in [0.29, 0.717) is 12.5 Å². The smallest absolute Gasteiger partial charge is 0.215 e. The van der Waals surface area contributed by atoms with Crippen molar-refractivity contribution in [3.63, 3.8) is 0 Å². The molecule has 98 valence electrons. The van der Waals surface area contributed by atoms with E-state index in [1.54, 1.807) is 7.05 Å². The Morgan fingerprint density at radius 2 is 1.69 bits per heavy atom. The molecule has 0 aromatic carbocycles. The number of sulfonamides is 1. The molecule has 0 amide bonds. The SMILES string of the molecule is CCCN(C)S(=O)(=O)CC(N)C(CC)CC. The molecule has 0 spiro atoms. The number of nitrogens with zero attached hydrogens (tertiary/aromatic N) is 1. The van der Waals surface area contributed by atoms with Crippen LogP contribution in [-0.4, -0.2) is 38.1 Å². The number of rotatable bonds is 8. The Balaban J connectivity index is 4.46. The van der Waals surface area contributed by atoms with Gasteiger partial charge >= 0.3 is 0 Å². The fourth-order valence-corrected chi connectivity index (χ4v) is 3.33. The fraction of sp³-hybridized carbons (Fsp3) is 1.00. The van der Waals surface area contributed by atoms with E-state index in [1.807, 2.05) is 6.92 Å². The molecular formula is C11H26N2O2S. The van der Waals surface area contributed by atoms with Gasteiger partial charge in [-0.05, 0) is 12.3 Å². The molecule has 2 N–H and O–H groups in total. The number of hydrogen-bond donors (Lipinski definition) is 1. The summed E-state index contributed by atoms with van der Waals surface area (Å²) in [6.45, 7) is 6.64. The lowest BCUT2D eigenvalue weighted by molar-refractivity contribution is 0.404. The molecule has 0 aliphatic carbocycles. The number of hydrogen-bond acceptors (Lipinski definition) is 3. The van der Waals surface area contributed by atoms with Crippen LogP contribution in [0.4, 0.5) is 0 Å². The molecule has 0 radical (unpaired) electrons. The van der Waals surface area contributed by atoms with E-state index in [2.05, 4.69) is 13.8 Å². The summed E-state index contributed by atoms with van der Waals surface area (Å²) in [5.74, 6) is 0.361. The molecule has 0 aliphatic heterocycles. The van der Waals surface area contributed by atoms with Crippen molar-refractivity contribution in [1.82, 2.24) is 4.31 Å². The van der Waals surface area contributed by atoms with Gasteiger partial charge in [-0.1, -0.05) is 33.6 Å². The van der Waals surface area contributed by atoms with Crippen molar-refractivity contribution in [3.8, 4) is 0 Å². The minimum Gasteiger partial charge on any atom is -0.326 e. The van der Waals surface area contributed by atoms with Gasteiger partial charge in [0.05, 0.1) is 5.75 Å². The first-order valence-corrected chi connectivity index (χ1v) is 7.69. The lowest BCUT2D eigenvalue weighted by Crippen LogP contribution is -2.41. The second-order valence-electron chi connectivity index (χ2n) is 4.34. The molecule has 0 aromatic rings. The maximum Gasteiger partial charge on any atom is 0.215 e. The highest BCUT2D eigenvalue weighted by Gasteiger charge is 2.24. The zero-order valence-corrected chi connectivity index (χ0v) is 11.8. The lowest BCUT2D eigenvalue weighted by atomic mass is 9.96. The quantitative estimate of drug-likeness (QED) is 0.708. The zero-order chi connectivity index (χ0) is 12.8. The van der Waals surface area contributed by atoms with Gasteiger partial charge in [0, 0.05) is 19.6 Å². The maximum absolute atomic E-state index is 11.9. The average molecular weight is 250 g/mol. The summed E-state index contributed by atoms with van der Waals surface area (Å²) in [6.07, 6.45) is 2.70. The van der Waals surface area contributed by atoms with Gasteiger partial charge < -0.3 is 5.73 Å². The Labute approximate surface area is 100 Å². The van der Waals surface area contributed by atoms with E-state index in [9.17, 15) is 8.42 Å². The van der Waals surface area contributed by atoms with Gasteiger partial charge in [0.25, 0.3) is 0 Å². The molecule has 0 bridgehead atoms. The van der Waals surface area contributed by atoms with Gasteiger partial charge in [-0.25, -0.2) is 12.7 Å². The minimum atomic E-state index is -3.18. The third-order valence-electron chi connectivity index (χ3n) is 3.07. The Kier molecular flexibility index (Phi) is 7.19. The molecular weight excluding hydrogens is 224 g/mol. The molecule has 0 fully saturated rings. The van der Waals surface area contributed by atoms with Gasteiger partial charge in [0.15, 0.2) is 0 Å². The summed E-state index contributed by atoms with van der Waals surface area (Å²) in [5.41, 5.74) is 5.95. The third kappa shape index (κ3) is 4.80. The van der Waals surface area contributed by atoms with Gasteiger partial charge in [-0.15, -0.1) is 0 Å².